The molecule has 2 fully saturated rings. The highest BCUT2D eigenvalue weighted by Gasteiger charge is 2.71. The van der Waals surface area contributed by atoms with Gasteiger partial charge in [-0.05, 0) is 30.6 Å². The van der Waals surface area contributed by atoms with Crippen LogP contribution >= 0.6 is 0 Å². The lowest BCUT2D eigenvalue weighted by molar-refractivity contribution is 0.0820. The highest BCUT2D eigenvalue weighted by atomic mass is 28.4. The van der Waals surface area contributed by atoms with E-state index < -0.39 is 13.9 Å². The van der Waals surface area contributed by atoms with E-state index in [0.29, 0.717) is 25.1 Å². The number of rotatable bonds is 6. The molecule has 7 heteroatoms. The van der Waals surface area contributed by atoms with Gasteiger partial charge in [-0.25, -0.2) is 4.79 Å². The minimum Gasteiger partial charge on any atom is -0.547 e. The summed E-state index contributed by atoms with van der Waals surface area (Å²) in [5, 5.41) is 0.0390. The Bertz CT molecular complexity index is 908. The summed E-state index contributed by atoms with van der Waals surface area (Å²) in [5.74, 6) is 0.953. The molecule has 0 radical (unpaired) electrons. The van der Waals surface area contributed by atoms with Crippen molar-refractivity contribution in [3.05, 3.63) is 47.7 Å². The molecule has 2 saturated heterocycles. The summed E-state index contributed by atoms with van der Waals surface area (Å²) in [4.78, 5) is 30.2. The minimum atomic E-state index is -2.10. The molecular formula is C24H34N2O4Si. The van der Waals surface area contributed by atoms with E-state index in [2.05, 4.69) is 51.8 Å². The maximum atomic E-state index is 13.8. The van der Waals surface area contributed by atoms with Gasteiger partial charge in [0, 0.05) is 18.0 Å². The molecule has 1 aromatic rings. The van der Waals surface area contributed by atoms with Crippen LogP contribution in [0.15, 0.2) is 42.2 Å². The largest absolute Gasteiger partial charge is 0.547 e. The van der Waals surface area contributed by atoms with Gasteiger partial charge in [0.05, 0.1) is 12.3 Å². The zero-order valence-electron chi connectivity index (χ0n) is 19.5. The van der Waals surface area contributed by atoms with Crippen LogP contribution in [0.25, 0.3) is 0 Å². The van der Waals surface area contributed by atoms with Crippen LogP contribution in [0.4, 0.5) is 4.79 Å². The number of hydrogen-bond donors (Lipinski definition) is 0. The first-order valence-corrected chi connectivity index (χ1v) is 14.1. The van der Waals surface area contributed by atoms with E-state index in [0.717, 1.165) is 12.2 Å². The summed E-state index contributed by atoms with van der Waals surface area (Å²) in [6.45, 7) is 14.1. The Hall–Kier alpha value is -2.12. The molecule has 4 atom stereocenters. The molecule has 0 spiro atoms. The smallest absolute Gasteiger partial charge is 0.411 e. The van der Waals surface area contributed by atoms with E-state index in [1.165, 1.54) is 0 Å². The van der Waals surface area contributed by atoms with E-state index in [9.17, 15) is 9.59 Å². The van der Waals surface area contributed by atoms with Gasteiger partial charge in [-0.2, -0.15) is 0 Å². The summed E-state index contributed by atoms with van der Waals surface area (Å²) in [6, 6.07) is 9.55. The Balaban J connectivity index is 1.75. The molecular weight excluding hydrogens is 408 g/mol. The highest BCUT2D eigenvalue weighted by Crippen LogP contribution is 2.55. The lowest BCUT2D eigenvalue weighted by Crippen LogP contribution is -2.49. The summed E-state index contributed by atoms with van der Waals surface area (Å²) in [6.07, 6.45) is 2.79. The van der Waals surface area contributed by atoms with Gasteiger partial charge in [0.15, 0.2) is 5.78 Å². The zero-order valence-corrected chi connectivity index (χ0v) is 20.5. The van der Waals surface area contributed by atoms with Crippen LogP contribution in [0.2, 0.25) is 18.1 Å². The predicted molar refractivity (Wildman–Crippen MR) is 122 cm³/mol. The van der Waals surface area contributed by atoms with Gasteiger partial charge in [0.25, 0.3) is 0 Å². The molecule has 0 N–H and O–H groups in total. The Kier molecular flexibility index (Phi) is 5.33. The first-order chi connectivity index (χ1) is 14.5. The van der Waals surface area contributed by atoms with Crippen molar-refractivity contribution in [3.63, 3.8) is 0 Å². The SMILES string of the molecule is CC[C@H]1N2[C@H](N3CCOC3=O)C=C(O[Si](C)(C)C(C)(C)C)C[C@]12C(=O)c1ccccc1. The van der Waals surface area contributed by atoms with Crippen molar-refractivity contribution in [2.45, 2.75) is 76.4 Å². The quantitative estimate of drug-likeness (QED) is 0.360. The van der Waals surface area contributed by atoms with Crippen LogP contribution in [-0.2, 0) is 9.16 Å². The van der Waals surface area contributed by atoms with Gasteiger partial charge in [0.1, 0.15) is 18.3 Å². The molecule has 0 bridgehead atoms. The number of amides is 1. The number of ether oxygens (including phenoxy) is 1. The molecule has 168 valence electrons. The van der Waals surface area contributed by atoms with Crippen LogP contribution < -0.4 is 0 Å². The number of Topliss-reactive ketones (excluding diaryl/α,β-unsaturated/α-hetero) is 1. The Morgan fingerprint density at radius 1 is 1.26 bits per heavy atom. The predicted octanol–water partition coefficient (Wildman–Crippen LogP) is 4.79. The second-order valence-electron chi connectivity index (χ2n) is 10.3. The van der Waals surface area contributed by atoms with E-state index in [4.69, 9.17) is 9.16 Å². The summed E-state index contributed by atoms with van der Waals surface area (Å²) in [7, 11) is -2.10. The van der Waals surface area contributed by atoms with E-state index in [-0.39, 0.29) is 29.1 Å². The molecule has 31 heavy (non-hydrogen) atoms. The Labute approximate surface area is 186 Å². The fraction of sp³-hybridized carbons (Fsp3) is 0.583. The monoisotopic (exact) mass is 442 g/mol. The second-order valence-corrected chi connectivity index (χ2v) is 15.1. The van der Waals surface area contributed by atoms with Gasteiger partial charge in [0.2, 0.25) is 8.32 Å². The van der Waals surface area contributed by atoms with Crippen LogP contribution in [0.1, 0.15) is 50.9 Å². The number of hydrogen-bond acceptors (Lipinski definition) is 5. The third kappa shape index (κ3) is 3.51. The third-order valence-corrected chi connectivity index (χ3v) is 11.8. The molecule has 1 aromatic carbocycles. The van der Waals surface area contributed by atoms with Gasteiger partial charge in [-0.15, -0.1) is 0 Å². The molecule has 0 aliphatic carbocycles. The van der Waals surface area contributed by atoms with Crippen molar-refractivity contribution in [2.24, 2.45) is 0 Å². The number of carbonyl (C=O) groups is 2. The number of carbonyl (C=O) groups excluding carboxylic acids is 2. The second kappa shape index (κ2) is 7.48. The number of ketones is 1. The van der Waals surface area contributed by atoms with Crippen LogP contribution in [0.5, 0.6) is 0 Å². The lowest BCUT2D eigenvalue weighted by Gasteiger charge is -2.40. The average molecular weight is 443 g/mol. The van der Waals surface area contributed by atoms with Crippen molar-refractivity contribution >= 4 is 20.2 Å². The number of fused-ring (bicyclic) bond motifs is 1. The van der Waals surface area contributed by atoms with Gasteiger partial charge < -0.3 is 9.16 Å². The Morgan fingerprint density at radius 3 is 2.48 bits per heavy atom. The van der Waals surface area contributed by atoms with E-state index in [1.807, 2.05) is 30.3 Å². The molecule has 3 heterocycles. The Morgan fingerprint density at radius 2 is 1.94 bits per heavy atom. The van der Waals surface area contributed by atoms with Gasteiger partial charge >= 0.3 is 6.09 Å². The maximum Gasteiger partial charge on any atom is 0.411 e. The van der Waals surface area contributed by atoms with Crippen LogP contribution in [0, 0.1) is 0 Å². The van der Waals surface area contributed by atoms with Gasteiger partial charge in [-0.3, -0.25) is 14.6 Å². The standard InChI is InChI=1S/C24H34N2O4Si/c1-7-19-24(21(27)17-11-9-8-10-12-17)16-18(30-31(5,6)23(2,3)4)15-20(26(19)24)25-13-14-29-22(25)28/h8-12,15,19-20H,7,13-14,16H2,1-6H3/t19-,20+,24-,26?/m1/s1. The third-order valence-electron chi connectivity index (χ3n) is 7.46. The molecule has 1 amide bonds. The van der Waals surface area contributed by atoms with E-state index >= 15 is 0 Å². The molecule has 3 aliphatic rings. The van der Waals surface area contributed by atoms with Crippen LogP contribution in [0.3, 0.4) is 0 Å². The molecule has 6 nitrogen and oxygen atoms in total. The fourth-order valence-electron chi connectivity index (χ4n) is 4.78. The van der Waals surface area contributed by atoms with E-state index in [1.54, 1.807) is 4.90 Å². The number of benzene rings is 1. The van der Waals surface area contributed by atoms with Crippen molar-refractivity contribution in [3.8, 4) is 0 Å². The molecule has 4 rings (SSSR count). The first kappa shape index (κ1) is 22.1. The molecule has 0 saturated carbocycles. The highest BCUT2D eigenvalue weighted by molar-refractivity contribution is 6.74. The number of nitrogens with zero attached hydrogens (tertiary/aromatic N) is 2. The van der Waals surface area contributed by atoms with Crippen molar-refractivity contribution in [1.29, 1.82) is 0 Å². The van der Waals surface area contributed by atoms with Crippen molar-refractivity contribution in [1.82, 2.24) is 9.80 Å². The maximum absolute atomic E-state index is 13.8. The zero-order chi connectivity index (χ0) is 22.6. The summed E-state index contributed by atoms with van der Waals surface area (Å²) < 4.78 is 11.9. The van der Waals surface area contributed by atoms with Crippen molar-refractivity contribution in [2.75, 3.05) is 13.2 Å². The fourth-order valence-corrected chi connectivity index (χ4v) is 5.88. The lowest BCUT2D eigenvalue weighted by atomic mass is 9.88. The molecule has 1 unspecified atom stereocenters. The normalized spacial score (nSPS) is 30.4. The topological polar surface area (TPSA) is 58.9 Å². The molecule has 0 aromatic heterocycles. The van der Waals surface area contributed by atoms with Crippen molar-refractivity contribution < 1.29 is 18.8 Å². The summed E-state index contributed by atoms with van der Waals surface area (Å²) in [5.41, 5.74) is 0.0376. The molecule has 3 aliphatic heterocycles. The van der Waals surface area contributed by atoms with Gasteiger partial charge in [-0.1, -0.05) is 58.0 Å². The summed E-state index contributed by atoms with van der Waals surface area (Å²) >= 11 is 0. The average Bonchev–Trinajstić information content (AvgIpc) is 3.19. The van der Waals surface area contributed by atoms with Crippen LogP contribution in [-0.4, -0.2) is 60.9 Å². The first-order valence-electron chi connectivity index (χ1n) is 11.2. The number of cyclic esters (lactones) is 1. The minimum absolute atomic E-state index is 0.0390.